The highest BCUT2D eigenvalue weighted by molar-refractivity contribution is 7.23. The summed E-state index contributed by atoms with van der Waals surface area (Å²) in [4.78, 5) is 31.8. The summed E-state index contributed by atoms with van der Waals surface area (Å²) in [5.41, 5.74) is 10.6. The molecule has 0 bridgehead atoms. The third kappa shape index (κ3) is 4.99. The molecule has 8 rings (SSSR count). The second kappa shape index (κ2) is 11.1. The zero-order valence-electron chi connectivity index (χ0n) is 26.8. The minimum atomic E-state index is -0.435. The maximum absolute atomic E-state index is 14.9. The number of aromatic nitrogens is 4. The molecule has 1 aliphatic carbocycles. The first-order valence-electron chi connectivity index (χ1n) is 16.1. The van der Waals surface area contributed by atoms with E-state index in [1.54, 1.807) is 25.1 Å². The first-order valence-corrected chi connectivity index (χ1v) is 16.9. The molecule has 3 aliphatic heterocycles. The molecule has 14 heteroatoms. The maximum atomic E-state index is 14.9. The smallest absolute Gasteiger partial charge is 0.273 e. The highest BCUT2D eigenvalue weighted by Gasteiger charge is 2.50. The number of halogens is 1. The maximum Gasteiger partial charge on any atom is 0.273 e. The molecule has 6 heterocycles. The van der Waals surface area contributed by atoms with Crippen LogP contribution in [0.1, 0.15) is 63.9 Å². The van der Waals surface area contributed by atoms with Gasteiger partial charge in [-0.25, -0.2) is 9.37 Å². The number of nitrogens with zero attached hydrogens (tertiary/aromatic N) is 9. The standard InChI is InChI=1S/C33H37FN10O2S/c1-40(2)31(45)25-13-19-16-42(9-4-10-44(19)39-25)30-22-17-46-26(20-5-6-23(34)28-27(20)21(15-35)29(36)47-28)14-24(22)37-32(38-30)43-12-11-41(3)33(18-43)7-8-33/h5-6,13,26H,4,7-12,14,16-18,36H2,1-3H3/t26-/m0/s1. The van der Waals surface area contributed by atoms with Crippen LogP contribution in [-0.2, 0) is 30.9 Å². The van der Waals surface area contributed by atoms with Crippen molar-refractivity contribution < 1.29 is 13.9 Å². The van der Waals surface area contributed by atoms with E-state index in [1.807, 2.05) is 10.7 Å². The minimum Gasteiger partial charge on any atom is -0.389 e. The molecule has 0 radical (unpaired) electrons. The zero-order chi connectivity index (χ0) is 32.6. The molecular weight excluding hydrogens is 619 g/mol. The van der Waals surface area contributed by atoms with E-state index in [2.05, 4.69) is 32.9 Å². The fourth-order valence-corrected chi connectivity index (χ4v) is 8.29. The van der Waals surface area contributed by atoms with Crippen LogP contribution in [0.3, 0.4) is 0 Å². The van der Waals surface area contributed by atoms with Gasteiger partial charge < -0.3 is 25.2 Å². The second-order valence-corrected chi connectivity index (χ2v) is 14.4. The number of carbonyl (C=O) groups is 1. The lowest BCUT2D eigenvalue weighted by Crippen LogP contribution is -2.53. The molecule has 1 saturated carbocycles. The van der Waals surface area contributed by atoms with Gasteiger partial charge in [-0.2, -0.15) is 15.3 Å². The fraction of sp³-hybridized carbons (Fsp3) is 0.485. The van der Waals surface area contributed by atoms with E-state index < -0.39 is 11.9 Å². The summed E-state index contributed by atoms with van der Waals surface area (Å²) < 4.78 is 23.7. The van der Waals surface area contributed by atoms with Gasteiger partial charge in [0.05, 0.1) is 40.9 Å². The molecule has 2 N–H and O–H groups in total. The number of ether oxygens (including phenoxy) is 1. The summed E-state index contributed by atoms with van der Waals surface area (Å²) in [5, 5.41) is 15.4. The van der Waals surface area contributed by atoms with Crippen LogP contribution in [0.25, 0.3) is 10.1 Å². The molecule has 12 nitrogen and oxygen atoms in total. The van der Waals surface area contributed by atoms with Crippen molar-refractivity contribution in [2.75, 3.05) is 62.9 Å². The number of piperazine rings is 1. The van der Waals surface area contributed by atoms with Crippen LogP contribution in [0.5, 0.6) is 0 Å². The number of carbonyl (C=O) groups excluding carboxylic acids is 1. The molecule has 2 fully saturated rings. The summed E-state index contributed by atoms with van der Waals surface area (Å²) in [5.74, 6) is 1.03. The molecule has 1 saturated heterocycles. The number of benzene rings is 1. The van der Waals surface area contributed by atoms with Gasteiger partial charge in [-0.05, 0) is 44.0 Å². The first kappa shape index (κ1) is 30.0. The Hall–Kier alpha value is -4.32. The summed E-state index contributed by atoms with van der Waals surface area (Å²) in [6, 6.07) is 7.21. The monoisotopic (exact) mass is 656 g/mol. The molecule has 0 unspecified atom stereocenters. The van der Waals surface area contributed by atoms with Crippen LogP contribution in [0, 0.1) is 17.1 Å². The predicted octanol–water partition coefficient (Wildman–Crippen LogP) is 3.69. The van der Waals surface area contributed by atoms with E-state index >= 15 is 0 Å². The van der Waals surface area contributed by atoms with Crippen molar-refractivity contribution in [1.29, 1.82) is 5.26 Å². The summed E-state index contributed by atoms with van der Waals surface area (Å²) in [6.45, 7) is 4.93. The number of nitriles is 1. The Kier molecular flexibility index (Phi) is 7.12. The van der Waals surface area contributed by atoms with Gasteiger partial charge in [0.1, 0.15) is 22.7 Å². The van der Waals surface area contributed by atoms with Crippen molar-refractivity contribution in [3.63, 3.8) is 0 Å². The Labute approximate surface area is 276 Å². The second-order valence-electron chi connectivity index (χ2n) is 13.4. The van der Waals surface area contributed by atoms with Gasteiger partial charge >= 0.3 is 0 Å². The number of anilines is 3. The van der Waals surface area contributed by atoms with E-state index in [-0.39, 0.29) is 18.1 Å². The van der Waals surface area contributed by atoms with Gasteiger partial charge in [-0.15, -0.1) is 11.3 Å². The van der Waals surface area contributed by atoms with Gasteiger partial charge in [0.2, 0.25) is 5.95 Å². The average Bonchev–Trinajstić information content (AvgIpc) is 3.66. The van der Waals surface area contributed by atoms with E-state index in [0.29, 0.717) is 51.8 Å². The van der Waals surface area contributed by atoms with Crippen LogP contribution in [0.4, 0.5) is 21.2 Å². The normalized spacial score (nSPS) is 20.5. The van der Waals surface area contributed by atoms with Crippen LogP contribution >= 0.6 is 11.3 Å². The molecule has 244 valence electrons. The van der Waals surface area contributed by atoms with E-state index in [4.69, 9.17) is 20.4 Å². The van der Waals surface area contributed by atoms with Gasteiger partial charge in [-0.3, -0.25) is 14.4 Å². The lowest BCUT2D eigenvalue weighted by atomic mass is 9.95. The fourth-order valence-electron chi connectivity index (χ4n) is 7.33. The Bertz CT molecular complexity index is 1960. The Morgan fingerprint density at radius 1 is 1.19 bits per heavy atom. The van der Waals surface area contributed by atoms with Crippen molar-refractivity contribution in [2.24, 2.45) is 0 Å². The molecule has 4 aromatic rings. The number of thiophene rings is 1. The summed E-state index contributed by atoms with van der Waals surface area (Å²) in [6.07, 6.45) is 3.19. The van der Waals surface area contributed by atoms with Crippen LogP contribution < -0.4 is 15.5 Å². The topological polar surface area (TPSA) is 133 Å². The van der Waals surface area contributed by atoms with E-state index in [0.717, 1.165) is 72.3 Å². The molecular formula is C33H37FN10O2S. The van der Waals surface area contributed by atoms with Gasteiger partial charge in [-0.1, -0.05) is 6.07 Å². The van der Waals surface area contributed by atoms with Crippen LogP contribution in [0.2, 0.25) is 0 Å². The Balaban J connectivity index is 1.19. The molecule has 3 aromatic heterocycles. The van der Waals surface area contributed by atoms with Gasteiger partial charge in [0, 0.05) is 69.7 Å². The number of fused-ring (bicyclic) bond motifs is 3. The Morgan fingerprint density at radius 3 is 2.79 bits per heavy atom. The molecule has 1 amide bonds. The lowest BCUT2D eigenvalue weighted by molar-refractivity contribution is 0.0269. The molecule has 4 aliphatic rings. The third-order valence-electron chi connectivity index (χ3n) is 10.2. The molecule has 1 atom stereocenters. The third-order valence-corrected chi connectivity index (χ3v) is 11.3. The molecule has 47 heavy (non-hydrogen) atoms. The number of nitrogens with two attached hydrogens (primary N) is 1. The molecule has 1 spiro atoms. The van der Waals surface area contributed by atoms with Gasteiger partial charge in [0.15, 0.2) is 5.69 Å². The largest absolute Gasteiger partial charge is 0.389 e. The first-order chi connectivity index (χ1) is 22.7. The highest BCUT2D eigenvalue weighted by Crippen LogP contribution is 2.45. The number of nitrogen functional groups attached to an aromatic ring is 1. The van der Waals surface area contributed by atoms with E-state index in [1.165, 1.54) is 18.9 Å². The van der Waals surface area contributed by atoms with Crippen LogP contribution in [-0.4, -0.2) is 88.3 Å². The quantitative estimate of drug-likeness (QED) is 0.347. The van der Waals surface area contributed by atoms with Crippen LogP contribution in [0.15, 0.2) is 18.2 Å². The number of rotatable bonds is 4. The molecule has 1 aromatic carbocycles. The average molecular weight is 657 g/mol. The highest BCUT2D eigenvalue weighted by atomic mass is 32.1. The van der Waals surface area contributed by atoms with Crippen molar-refractivity contribution in [3.8, 4) is 6.07 Å². The number of hydrogen-bond donors (Lipinski definition) is 1. The van der Waals surface area contributed by atoms with Gasteiger partial charge in [0.25, 0.3) is 5.91 Å². The SMILES string of the molecule is CN(C)C(=O)c1cc2n(n1)CCCN(c1nc(N3CCN(C)C4(CC4)C3)nc3c1CO[C@H](c1ccc(F)c4sc(N)c(C#N)c14)C3)C2. The van der Waals surface area contributed by atoms with Crippen molar-refractivity contribution in [1.82, 2.24) is 29.5 Å². The van der Waals surface area contributed by atoms with Crippen molar-refractivity contribution in [3.05, 3.63) is 57.8 Å². The summed E-state index contributed by atoms with van der Waals surface area (Å²) in [7, 11) is 5.67. The summed E-state index contributed by atoms with van der Waals surface area (Å²) >= 11 is 1.09. The zero-order valence-corrected chi connectivity index (χ0v) is 27.6. The minimum absolute atomic E-state index is 0.121. The predicted molar refractivity (Wildman–Crippen MR) is 177 cm³/mol. The number of hydrogen-bond acceptors (Lipinski definition) is 11. The number of likely N-dealkylation sites (N-methyl/N-ethyl adjacent to an activating group) is 1. The van der Waals surface area contributed by atoms with Crippen molar-refractivity contribution >= 4 is 44.1 Å². The lowest BCUT2D eigenvalue weighted by Gasteiger charge is -2.41. The number of amides is 1. The Morgan fingerprint density at radius 2 is 2.02 bits per heavy atom. The van der Waals surface area contributed by atoms with Crippen molar-refractivity contribution in [2.45, 2.75) is 57.0 Å². The number of aryl methyl sites for hydroxylation is 1. The van der Waals surface area contributed by atoms with E-state index in [9.17, 15) is 14.4 Å².